The number of hydrogen-bond acceptors (Lipinski definition) is 2. The zero-order valence-corrected chi connectivity index (χ0v) is 12.9. The molecule has 18 heavy (non-hydrogen) atoms. The molecule has 0 radical (unpaired) electrons. The number of alkyl halides is 1. The third kappa shape index (κ3) is 2.87. The predicted molar refractivity (Wildman–Crippen MR) is 75.6 cm³/mol. The van der Waals surface area contributed by atoms with Gasteiger partial charge in [-0.25, -0.2) is 8.42 Å². The minimum absolute atomic E-state index is 0.321. The van der Waals surface area contributed by atoms with E-state index in [2.05, 4.69) is 0 Å². The average molecular weight is 290 g/mol. The van der Waals surface area contributed by atoms with E-state index in [1.54, 1.807) is 6.07 Å². The predicted octanol–water partition coefficient (Wildman–Crippen LogP) is 3.07. The molecule has 0 atom stereocenters. The monoisotopic (exact) mass is 289 g/mol. The van der Waals surface area contributed by atoms with Gasteiger partial charge in [0.15, 0.2) is 0 Å². The van der Waals surface area contributed by atoms with Crippen LogP contribution in [-0.4, -0.2) is 25.8 Å². The van der Waals surface area contributed by atoms with Crippen molar-refractivity contribution in [2.24, 2.45) is 0 Å². The molecule has 102 valence electrons. The molecule has 0 aliphatic heterocycles. The molecule has 0 aliphatic rings. The van der Waals surface area contributed by atoms with E-state index in [0.29, 0.717) is 23.9 Å². The lowest BCUT2D eigenvalue weighted by atomic mass is 10.1. The molecule has 0 fully saturated rings. The van der Waals surface area contributed by atoms with Crippen molar-refractivity contribution < 1.29 is 8.42 Å². The molecule has 5 heteroatoms. The highest BCUT2D eigenvalue weighted by Crippen LogP contribution is 2.25. The Hall–Kier alpha value is -0.580. The minimum atomic E-state index is -3.41. The minimum Gasteiger partial charge on any atom is -0.207 e. The normalized spacial score (nSPS) is 12.1. The highest BCUT2D eigenvalue weighted by atomic mass is 35.5. The summed E-state index contributed by atoms with van der Waals surface area (Å²) in [5.74, 6) is 0.321. The Balaban J connectivity index is 3.45. The SMILES string of the molecule is CCN(CC)S(=O)(=O)c1cc(CCl)cc(C)c1C. The van der Waals surface area contributed by atoms with Crippen molar-refractivity contribution >= 4 is 21.6 Å². The fourth-order valence-corrected chi connectivity index (χ4v) is 3.91. The topological polar surface area (TPSA) is 37.4 Å². The van der Waals surface area contributed by atoms with Gasteiger partial charge >= 0.3 is 0 Å². The summed E-state index contributed by atoms with van der Waals surface area (Å²) in [5, 5.41) is 0. The van der Waals surface area contributed by atoms with Crippen LogP contribution in [0, 0.1) is 13.8 Å². The summed E-state index contributed by atoms with van der Waals surface area (Å²) in [5.41, 5.74) is 2.60. The van der Waals surface area contributed by atoms with Gasteiger partial charge in [-0.15, -0.1) is 11.6 Å². The zero-order valence-electron chi connectivity index (χ0n) is 11.3. The molecule has 0 spiro atoms. The van der Waals surface area contributed by atoms with E-state index in [1.165, 1.54) is 4.31 Å². The van der Waals surface area contributed by atoms with Crippen LogP contribution in [0.25, 0.3) is 0 Å². The maximum Gasteiger partial charge on any atom is 0.243 e. The van der Waals surface area contributed by atoms with E-state index in [1.807, 2.05) is 33.8 Å². The summed E-state index contributed by atoms with van der Waals surface area (Å²) in [7, 11) is -3.41. The van der Waals surface area contributed by atoms with E-state index in [-0.39, 0.29) is 0 Å². The first kappa shape index (κ1) is 15.5. The number of hydrogen-bond donors (Lipinski definition) is 0. The van der Waals surface area contributed by atoms with Crippen LogP contribution in [0.3, 0.4) is 0 Å². The summed E-state index contributed by atoms with van der Waals surface area (Å²) in [6.45, 7) is 8.38. The molecule has 0 aliphatic carbocycles. The van der Waals surface area contributed by atoms with Crippen molar-refractivity contribution in [3.8, 4) is 0 Å². The quantitative estimate of drug-likeness (QED) is 0.781. The molecule has 3 nitrogen and oxygen atoms in total. The van der Waals surface area contributed by atoms with Gasteiger partial charge in [-0.05, 0) is 36.6 Å². The Morgan fingerprint density at radius 3 is 2.17 bits per heavy atom. The van der Waals surface area contributed by atoms with Gasteiger partial charge in [0, 0.05) is 19.0 Å². The summed E-state index contributed by atoms with van der Waals surface area (Å²) in [4.78, 5) is 0.377. The van der Waals surface area contributed by atoms with Crippen LogP contribution >= 0.6 is 11.6 Å². The standard InChI is InChI=1S/C13H20ClNO2S/c1-5-15(6-2)18(16,17)13-8-12(9-14)7-10(3)11(13)4/h7-8H,5-6,9H2,1-4H3. The molecule has 0 heterocycles. The van der Waals surface area contributed by atoms with Gasteiger partial charge < -0.3 is 0 Å². The number of nitrogens with zero attached hydrogens (tertiary/aromatic N) is 1. The van der Waals surface area contributed by atoms with E-state index >= 15 is 0 Å². The van der Waals surface area contributed by atoms with Crippen LogP contribution in [0.2, 0.25) is 0 Å². The van der Waals surface area contributed by atoms with Gasteiger partial charge in [0.2, 0.25) is 10.0 Å². The van der Waals surface area contributed by atoms with Crippen LogP contribution in [0.4, 0.5) is 0 Å². The lowest BCUT2D eigenvalue weighted by Crippen LogP contribution is -2.31. The van der Waals surface area contributed by atoms with E-state index < -0.39 is 10.0 Å². The molecule has 0 unspecified atom stereocenters. The second-order valence-electron chi connectivity index (χ2n) is 4.26. The number of aryl methyl sites for hydroxylation is 1. The van der Waals surface area contributed by atoms with Gasteiger partial charge in [0.25, 0.3) is 0 Å². The maximum atomic E-state index is 12.5. The number of sulfonamides is 1. The van der Waals surface area contributed by atoms with Crippen LogP contribution in [0.5, 0.6) is 0 Å². The lowest BCUT2D eigenvalue weighted by molar-refractivity contribution is 0.444. The molecule has 1 aromatic rings. The molecule has 1 rings (SSSR count). The number of benzene rings is 1. The van der Waals surface area contributed by atoms with Crippen molar-refractivity contribution in [2.45, 2.75) is 38.5 Å². The summed E-state index contributed by atoms with van der Waals surface area (Å²) in [6.07, 6.45) is 0. The van der Waals surface area contributed by atoms with Gasteiger partial charge in [-0.1, -0.05) is 19.9 Å². The van der Waals surface area contributed by atoms with Crippen molar-refractivity contribution in [1.82, 2.24) is 4.31 Å². The zero-order chi connectivity index (χ0) is 13.9. The molecule has 0 saturated carbocycles. The van der Waals surface area contributed by atoms with Gasteiger partial charge in [-0.2, -0.15) is 4.31 Å². The van der Waals surface area contributed by atoms with Crippen LogP contribution in [0.1, 0.15) is 30.5 Å². The fraction of sp³-hybridized carbons (Fsp3) is 0.538. The van der Waals surface area contributed by atoms with Crippen molar-refractivity contribution in [3.63, 3.8) is 0 Å². The van der Waals surface area contributed by atoms with Crippen LogP contribution in [-0.2, 0) is 15.9 Å². The van der Waals surface area contributed by atoms with E-state index in [4.69, 9.17) is 11.6 Å². The Morgan fingerprint density at radius 2 is 1.72 bits per heavy atom. The Morgan fingerprint density at radius 1 is 1.17 bits per heavy atom. The first-order chi connectivity index (χ1) is 8.38. The molecule has 1 aromatic carbocycles. The summed E-state index contributed by atoms with van der Waals surface area (Å²) in [6, 6.07) is 3.62. The average Bonchev–Trinajstić information content (AvgIpc) is 2.33. The Bertz CT molecular complexity index is 522. The third-order valence-electron chi connectivity index (χ3n) is 3.16. The molecular weight excluding hydrogens is 270 g/mol. The largest absolute Gasteiger partial charge is 0.243 e. The van der Waals surface area contributed by atoms with Gasteiger partial charge in [0.05, 0.1) is 4.90 Å². The highest BCUT2D eigenvalue weighted by molar-refractivity contribution is 7.89. The first-order valence-electron chi connectivity index (χ1n) is 6.04. The second kappa shape index (κ2) is 6.04. The smallest absolute Gasteiger partial charge is 0.207 e. The van der Waals surface area contributed by atoms with Gasteiger partial charge in [0.1, 0.15) is 0 Å². The molecule has 0 amide bonds. The number of rotatable bonds is 5. The van der Waals surface area contributed by atoms with E-state index in [0.717, 1.165) is 16.7 Å². The van der Waals surface area contributed by atoms with E-state index in [9.17, 15) is 8.42 Å². The highest BCUT2D eigenvalue weighted by Gasteiger charge is 2.24. The van der Waals surface area contributed by atoms with Crippen LogP contribution in [0.15, 0.2) is 17.0 Å². The molecule has 0 N–H and O–H groups in total. The number of halogens is 1. The van der Waals surface area contributed by atoms with Crippen molar-refractivity contribution in [2.75, 3.05) is 13.1 Å². The van der Waals surface area contributed by atoms with Gasteiger partial charge in [-0.3, -0.25) is 0 Å². The molecule has 0 saturated heterocycles. The lowest BCUT2D eigenvalue weighted by Gasteiger charge is -2.21. The molecule has 0 aromatic heterocycles. The Kier molecular flexibility index (Phi) is 5.20. The maximum absolute atomic E-state index is 12.5. The summed E-state index contributed by atoms with van der Waals surface area (Å²) >= 11 is 5.81. The molecular formula is C13H20ClNO2S. The van der Waals surface area contributed by atoms with Crippen molar-refractivity contribution in [1.29, 1.82) is 0 Å². The second-order valence-corrected chi connectivity index (χ2v) is 6.43. The molecule has 0 bridgehead atoms. The first-order valence-corrected chi connectivity index (χ1v) is 8.02. The summed E-state index contributed by atoms with van der Waals surface area (Å²) < 4.78 is 26.5. The third-order valence-corrected chi connectivity index (χ3v) is 5.64. The Labute approximate surface area is 115 Å². The van der Waals surface area contributed by atoms with Crippen molar-refractivity contribution in [3.05, 3.63) is 28.8 Å². The fourth-order valence-electron chi connectivity index (χ4n) is 1.95. The van der Waals surface area contributed by atoms with Crippen LogP contribution < -0.4 is 0 Å².